The lowest BCUT2D eigenvalue weighted by atomic mass is 9.90. The average Bonchev–Trinajstić information content (AvgIpc) is 2.62. The molecule has 0 amide bonds. The van der Waals surface area contributed by atoms with E-state index in [1.54, 1.807) is 10.9 Å². The molecule has 98 valence electrons. The molecule has 0 aliphatic rings. The Labute approximate surface area is 108 Å². The minimum Gasteiger partial charge on any atom is -0.374 e. The summed E-state index contributed by atoms with van der Waals surface area (Å²) in [5, 5.41) is 8.15. The zero-order valence-corrected chi connectivity index (χ0v) is 12.0. The van der Waals surface area contributed by atoms with Gasteiger partial charge < -0.3 is 10.1 Å². The number of likely N-dealkylation sites (N-methyl/N-ethyl adjacent to an activating group) is 1. The molecule has 1 aromatic rings. The van der Waals surface area contributed by atoms with E-state index < -0.39 is 0 Å². The van der Waals surface area contributed by atoms with Crippen LogP contribution in [-0.4, -0.2) is 29.0 Å². The van der Waals surface area contributed by atoms with Crippen LogP contribution >= 0.6 is 11.6 Å². The summed E-state index contributed by atoms with van der Waals surface area (Å²) in [4.78, 5) is 0. The van der Waals surface area contributed by atoms with Crippen molar-refractivity contribution in [3.05, 3.63) is 16.9 Å². The largest absolute Gasteiger partial charge is 0.374 e. The van der Waals surface area contributed by atoms with Crippen LogP contribution in [0.15, 0.2) is 6.20 Å². The van der Waals surface area contributed by atoms with Crippen molar-refractivity contribution in [1.29, 1.82) is 0 Å². The fourth-order valence-corrected chi connectivity index (χ4v) is 2.47. The highest BCUT2D eigenvalue weighted by molar-refractivity contribution is 6.31. The smallest absolute Gasteiger partial charge is 0.0861 e. The summed E-state index contributed by atoms with van der Waals surface area (Å²) in [6.07, 6.45) is 2.57. The molecule has 1 heterocycles. The third kappa shape index (κ3) is 2.81. The van der Waals surface area contributed by atoms with Crippen LogP contribution in [0.5, 0.6) is 0 Å². The second-order valence-electron chi connectivity index (χ2n) is 4.32. The van der Waals surface area contributed by atoms with Crippen LogP contribution in [0.1, 0.15) is 38.9 Å². The van der Waals surface area contributed by atoms with E-state index in [1.165, 1.54) is 0 Å². The van der Waals surface area contributed by atoms with Crippen molar-refractivity contribution in [2.24, 2.45) is 7.05 Å². The van der Waals surface area contributed by atoms with E-state index >= 15 is 0 Å². The normalized spacial score (nSPS) is 16.8. The van der Waals surface area contributed by atoms with Crippen molar-refractivity contribution in [2.45, 2.75) is 38.8 Å². The highest BCUT2D eigenvalue weighted by Gasteiger charge is 2.36. The van der Waals surface area contributed by atoms with Crippen molar-refractivity contribution in [1.82, 2.24) is 15.1 Å². The molecule has 0 radical (unpaired) electrons. The average molecular weight is 260 g/mol. The van der Waals surface area contributed by atoms with Gasteiger partial charge in [0.15, 0.2) is 0 Å². The predicted octanol–water partition coefficient (Wildman–Crippen LogP) is 2.54. The van der Waals surface area contributed by atoms with Crippen LogP contribution in [-0.2, 0) is 11.8 Å². The molecule has 0 saturated heterocycles. The summed E-state index contributed by atoms with van der Waals surface area (Å²) in [7, 11) is 3.81. The van der Waals surface area contributed by atoms with E-state index in [0.717, 1.165) is 12.1 Å². The van der Waals surface area contributed by atoms with Crippen molar-refractivity contribution >= 4 is 11.6 Å². The summed E-state index contributed by atoms with van der Waals surface area (Å²) in [5.74, 6) is 0. The number of hydrogen-bond acceptors (Lipinski definition) is 3. The third-order valence-corrected chi connectivity index (χ3v) is 3.58. The molecule has 0 bridgehead atoms. The van der Waals surface area contributed by atoms with Crippen LogP contribution in [0, 0.1) is 0 Å². The quantitative estimate of drug-likeness (QED) is 0.853. The van der Waals surface area contributed by atoms with E-state index in [4.69, 9.17) is 16.3 Å². The number of rotatable bonds is 6. The van der Waals surface area contributed by atoms with Gasteiger partial charge in [-0.1, -0.05) is 18.5 Å². The molecular weight excluding hydrogens is 238 g/mol. The first-order valence-electron chi connectivity index (χ1n) is 5.98. The summed E-state index contributed by atoms with van der Waals surface area (Å²) in [6.45, 7) is 6.90. The van der Waals surface area contributed by atoms with Gasteiger partial charge in [-0.2, -0.15) is 5.10 Å². The summed E-state index contributed by atoms with van der Waals surface area (Å²) in [6, 6.07) is 0.0208. The van der Waals surface area contributed by atoms with Crippen molar-refractivity contribution in [2.75, 3.05) is 13.7 Å². The molecule has 5 heteroatoms. The fraction of sp³-hybridized carbons (Fsp3) is 0.750. The molecule has 0 aliphatic carbocycles. The van der Waals surface area contributed by atoms with E-state index in [2.05, 4.69) is 24.3 Å². The molecular formula is C12H22ClN3O. The van der Waals surface area contributed by atoms with Gasteiger partial charge in [0, 0.05) is 13.7 Å². The Morgan fingerprint density at radius 1 is 1.59 bits per heavy atom. The number of aromatic nitrogens is 2. The number of halogens is 1. The van der Waals surface area contributed by atoms with Crippen LogP contribution in [0.25, 0.3) is 0 Å². The molecule has 2 atom stereocenters. The maximum atomic E-state index is 6.20. The summed E-state index contributed by atoms with van der Waals surface area (Å²) < 4.78 is 7.71. The molecule has 1 rings (SSSR count). The van der Waals surface area contributed by atoms with Gasteiger partial charge in [0.1, 0.15) is 0 Å². The van der Waals surface area contributed by atoms with E-state index in [9.17, 15) is 0 Å². The monoisotopic (exact) mass is 259 g/mol. The van der Waals surface area contributed by atoms with Gasteiger partial charge in [0.25, 0.3) is 0 Å². The Balaban J connectivity index is 3.14. The Kier molecular flexibility index (Phi) is 4.98. The zero-order valence-electron chi connectivity index (χ0n) is 11.2. The Bertz CT molecular complexity index is 347. The molecule has 0 spiro atoms. The zero-order chi connectivity index (χ0) is 13.1. The molecule has 1 aromatic heterocycles. The lowest BCUT2D eigenvalue weighted by molar-refractivity contribution is -0.0563. The van der Waals surface area contributed by atoms with E-state index in [1.807, 2.05) is 21.0 Å². The summed E-state index contributed by atoms with van der Waals surface area (Å²) in [5.41, 5.74) is 0.674. The van der Waals surface area contributed by atoms with Gasteiger partial charge in [0.2, 0.25) is 0 Å². The Morgan fingerprint density at radius 2 is 2.24 bits per heavy atom. The first-order chi connectivity index (χ1) is 8.00. The SMILES string of the molecule is CCOC(C)(CC)C(NC)c1c(Cl)cnn1C. The number of nitrogens with one attached hydrogen (secondary N) is 1. The second-order valence-corrected chi connectivity index (χ2v) is 4.73. The van der Waals surface area contributed by atoms with Crippen LogP contribution in [0.4, 0.5) is 0 Å². The molecule has 4 nitrogen and oxygen atoms in total. The van der Waals surface area contributed by atoms with Gasteiger partial charge in [-0.05, 0) is 27.3 Å². The van der Waals surface area contributed by atoms with Crippen LogP contribution in [0.2, 0.25) is 5.02 Å². The molecule has 17 heavy (non-hydrogen) atoms. The third-order valence-electron chi connectivity index (χ3n) is 3.29. The standard InChI is InChI=1S/C12H22ClN3O/c1-6-12(3,17-7-2)11(14-4)10-9(13)8-15-16(10)5/h8,11,14H,6-7H2,1-5H3. The maximum absolute atomic E-state index is 6.20. The number of aryl methyl sites for hydroxylation is 1. The molecule has 0 fully saturated rings. The Morgan fingerprint density at radius 3 is 2.59 bits per heavy atom. The Hall–Kier alpha value is -0.580. The molecule has 1 N–H and O–H groups in total. The lowest BCUT2D eigenvalue weighted by Crippen LogP contribution is -2.43. The maximum Gasteiger partial charge on any atom is 0.0861 e. The van der Waals surface area contributed by atoms with Gasteiger partial charge in [0.05, 0.1) is 28.6 Å². The van der Waals surface area contributed by atoms with Crippen LogP contribution in [0.3, 0.4) is 0 Å². The van der Waals surface area contributed by atoms with Crippen molar-refractivity contribution in [3.8, 4) is 0 Å². The van der Waals surface area contributed by atoms with Gasteiger partial charge in [-0.3, -0.25) is 4.68 Å². The highest BCUT2D eigenvalue weighted by Crippen LogP contribution is 2.34. The molecule has 2 unspecified atom stereocenters. The van der Waals surface area contributed by atoms with Gasteiger partial charge >= 0.3 is 0 Å². The predicted molar refractivity (Wildman–Crippen MR) is 70.3 cm³/mol. The molecule has 0 saturated carbocycles. The van der Waals surface area contributed by atoms with Crippen LogP contribution < -0.4 is 5.32 Å². The van der Waals surface area contributed by atoms with Gasteiger partial charge in [-0.25, -0.2) is 0 Å². The van der Waals surface area contributed by atoms with E-state index in [-0.39, 0.29) is 11.6 Å². The minimum atomic E-state index is -0.291. The topological polar surface area (TPSA) is 39.1 Å². The van der Waals surface area contributed by atoms with Crippen molar-refractivity contribution in [3.63, 3.8) is 0 Å². The number of ether oxygens (including phenoxy) is 1. The first kappa shape index (κ1) is 14.5. The summed E-state index contributed by atoms with van der Waals surface area (Å²) >= 11 is 6.20. The lowest BCUT2D eigenvalue weighted by Gasteiger charge is -2.36. The first-order valence-corrected chi connectivity index (χ1v) is 6.36. The highest BCUT2D eigenvalue weighted by atomic mass is 35.5. The number of hydrogen-bond donors (Lipinski definition) is 1. The van der Waals surface area contributed by atoms with Crippen molar-refractivity contribution < 1.29 is 4.74 Å². The molecule has 0 aliphatic heterocycles. The van der Waals surface area contributed by atoms with E-state index in [0.29, 0.717) is 11.6 Å². The number of nitrogens with zero attached hydrogens (tertiary/aromatic N) is 2. The minimum absolute atomic E-state index is 0.0208. The fourth-order valence-electron chi connectivity index (χ4n) is 2.20. The second kappa shape index (κ2) is 5.85. The van der Waals surface area contributed by atoms with Gasteiger partial charge in [-0.15, -0.1) is 0 Å². The molecule has 0 aromatic carbocycles.